The SMILES string of the molecule is C=CC(=O)Nc1cc(Nc2ncc3c(n2)N(c2ccc(OC)cc2)C(=O)N([C@@H](C)C(F)(F)F)C3)c(OC)cc1N1CC[C@@H](N(C)C)C1. The minimum absolute atomic E-state index is 0.0493. The number of amides is 3. The van der Waals surface area contributed by atoms with E-state index in [9.17, 15) is 22.8 Å². The Morgan fingerprint density at radius 3 is 2.47 bits per heavy atom. The molecule has 3 aromatic rings. The maximum atomic E-state index is 13.8. The van der Waals surface area contributed by atoms with E-state index in [0.717, 1.165) is 41.9 Å². The molecule has 3 heterocycles. The van der Waals surface area contributed by atoms with Crippen LogP contribution in [0.1, 0.15) is 18.9 Å². The Kier molecular flexibility index (Phi) is 9.47. The predicted molar refractivity (Wildman–Crippen MR) is 173 cm³/mol. The molecule has 3 amide bonds. The maximum Gasteiger partial charge on any atom is 0.408 e. The maximum absolute atomic E-state index is 13.8. The van der Waals surface area contributed by atoms with Crippen molar-refractivity contribution in [3.8, 4) is 11.5 Å². The molecule has 47 heavy (non-hydrogen) atoms. The molecule has 2 aliphatic rings. The zero-order valence-electron chi connectivity index (χ0n) is 26.8. The summed E-state index contributed by atoms with van der Waals surface area (Å²) in [6, 6.07) is 7.20. The number of carbonyl (C=O) groups excluding carboxylic acids is 2. The van der Waals surface area contributed by atoms with Crippen LogP contribution in [0.3, 0.4) is 0 Å². The van der Waals surface area contributed by atoms with Gasteiger partial charge >= 0.3 is 12.2 Å². The number of carbonyl (C=O) groups is 2. The number of nitrogens with zero attached hydrogens (tertiary/aromatic N) is 6. The highest BCUT2D eigenvalue weighted by atomic mass is 19.4. The minimum atomic E-state index is -4.65. The fraction of sp³-hybridized carbons (Fsp3) is 0.375. The lowest BCUT2D eigenvalue weighted by molar-refractivity contribution is -0.172. The van der Waals surface area contributed by atoms with Crippen molar-refractivity contribution in [3.63, 3.8) is 0 Å². The number of rotatable bonds is 10. The molecule has 0 radical (unpaired) electrons. The van der Waals surface area contributed by atoms with Gasteiger partial charge in [-0.15, -0.1) is 0 Å². The average Bonchev–Trinajstić information content (AvgIpc) is 3.55. The third kappa shape index (κ3) is 6.89. The Bertz CT molecular complexity index is 1650. The smallest absolute Gasteiger partial charge is 0.408 e. The highest BCUT2D eigenvalue weighted by Crippen LogP contribution is 2.41. The van der Waals surface area contributed by atoms with Gasteiger partial charge < -0.3 is 34.8 Å². The van der Waals surface area contributed by atoms with Crippen molar-refractivity contribution in [2.75, 3.05) is 61.8 Å². The van der Waals surface area contributed by atoms with Gasteiger partial charge in [0.2, 0.25) is 11.9 Å². The molecule has 2 aromatic carbocycles. The Balaban J connectivity index is 1.55. The monoisotopic (exact) mass is 654 g/mol. The zero-order chi connectivity index (χ0) is 34.0. The first kappa shape index (κ1) is 33.3. The summed E-state index contributed by atoms with van der Waals surface area (Å²) in [6.45, 7) is 5.67. The van der Waals surface area contributed by atoms with E-state index in [0.29, 0.717) is 40.2 Å². The van der Waals surface area contributed by atoms with Gasteiger partial charge in [0.25, 0.3) is 0 Å². The van der Waals surface area contributed by atoms with Crippen LogP contribution >= 0.6 is 0 Å². The predicted octanol–water partition coefficient (Wildman–Crippen LogP) is 5.53. The van der Waals surface area contributed by atoms with Gasteiger partial charge in [-0.25, -0.2) is 14.7 Å². The number of fused-ring (bicyclic) bond motifs is 1. The average molecular weight is 655 g/mol. The number of ether oxygens (including phenoxy) is 2. The second-order valence-electron chi connectivity index (χ2n) is 11.4. The summed E-state index contributed by atoms with van der Waals surface area (Å²) < 4.78 is 52.3. The first-order chi connectivity index (χ1) is 22.3. The lowest BCUT2D eigenvalue weighted by Gasteiger charge is -2.39. The van der Waals surface area contributed by atoms with Gasteiger partial charge in [-0.1, -0.05) is 6.58 Å². The first-order valence-electron chi connectivity index (χ1n) is 14.9. The minimum Gasteiger partial charge on any atom is -0.497 e. The molecular formula is C32H37F3N8O4. The van der Waals surface area contributed by atoms with Crippen LogP contribution in [0, 0.1) is 0 Å². The molecule has 2 N–H and O–H groups in total. The van der Waals surface area contributed by atoms with Gasteiger partial charge in [-0.2, -0.15) is 18.2 Å². The number of hydrogen-bond donors (Lipinski definition) is 2. The molecule has 5 rings (SSSR count). The van der Waals surface area contributed by atoms with Crippen molar-refractivity contribution in [3.05, 3.63) is 60.8 Å². The van der Waals surface area contributed by atoms with Crippen molar-refractivity contribution >= 4 is 46.5 Å². The van der Waals surface area contributed by atoms with Crippen LogP contribution in [0.25, 0.3) is 0 Å². The van der Waals surface area contributed by atoms with Gasteiger partial charge in [0.15, 0.2) is 5.82 Å². The molecule has 2 atom stereocenters. The fourth-order valence-electron chi connectivity index (χ4n) is 5.56. The van der Waals surface area contributed by atoms with Crippen molar-refractivity contribution in [2.45, 2.75) is 38.1 Å². The Hall–Kier alpha value is -5.05. The van der Waals surface area contributed by atoms with Gasteiger partial charge in [-0.05, 0) is 63.8 Å². The standard InChI is InChI=1S/C32H37F3N8O4/c1-7-28(44)37-24-14-25(27(47-6)15-26(24)41-13-12-22(18-41)40(3)4)38-30-36-16-20-17-42(19(2)32(33,34)35)31(45)43(29(20)39-30)21-8-10-23(46-5)11-9-21/h7-11,14-16,19,22H,1,12-13,17-18H2,2-6H3,(H,37,44)(H,36,38,39)/t19-,22+/m0/s1. The molecule has 15 heteroatoms. The van der Waals surface area contributed by atoms with Crippen LogP contribution in [0.2, 0.25) is 0 Å². The highest BCUT2D eigenvalue weighted by Gasteiger charge is 2.46. The topological polar surface area (TPSA) is 115 Å². The summed E-state index contributed by atoms with van der Waals surface area (Å²) in [5.41, 5.74) is 2.27. The Morgan fingerprint density at radius 1 is 1.15 bits per heavy atom. The number of aromatic nitrogens is 2. The van der Waals surface area contributed by atoms with Crippen LogP contribution < -0.4 is 29.9 Å². The highest BCUT2D eigenvalue weighted by molar-refractivity contribution is 6.03. The molecule has 1 saturated heterocycles. The summed E-state index contributed by atoms with van der Waals surface area (Å²) in [5, 5.41) is 5.98. The van der Waals surface area contributed by atoms with Crippen molar-refractivity contribution in [1.82, 2.24) is 19.8 Å². The molecule has 250 valence electrons. The number of likely N-dealkylation sites (N-methyl/N-ethyl adjacent to an activating group) is 1. The third-order valence-corrected chi connectivity index (χ3v) is 8.34. The summed E-state index contributed by atoms with van der Waals surface area (Å²) in [7, 11) is 7.04. The van der Waals surface area contributed by atoms with Crippen LogP contribution in [-0.2, 0) is 11.3 Å². The molecule has 0 saturated carbocycles. The van der Waals surface area contributed by atoms with E-state index < -0.39 is 24.2 Å². The molecule has 0 unspecified atom stereocenters. The second kappa shape index (κ2) is 13.4. The van der Waals surface area contributed by atoms with E-state index in [1.807, 2.05) is 14.1 Å². The lowest BCUT2D eigenvalue weighted by Crippen LogP contribution is -2.53. The van der Waals surface area contributed by atoms with E-state index >= 15 is 0 Å². The number of benzene rings is 2. The van der Waals surface area contributed by atoms with Crippen LogP contribution in [0.4, 0.5) is 52.5 Å². The molecular weight excluding hydrogens is 617 g/mol. The summed E-state index contributed by atoms with van der Waals surface area (Å²) >= 11 is 0. The number of anilines is 6. The van der Waals surface area contributed by atoms with Crippen molar-refractivity contribution < 1.29 is 32.2 Å². The largest absolute Gasteiger partial charge is 0.497 e. The van der Waals surface area contributed by atoms with E-state index in [-0.39, 0.29) is 18.3 Å². The second-order valence-corrected chi connectivity index (χ2v) is 11.4. The summed E-state index contributed by atoms with van der Waals surface area (Å²) in [5.74, 6) is 0.700. The summed E-state index contributed by atoms with van der Waals surface area (Å²) in [6.07, 6.45) is -1.15. The van der Waals surface area contributed by atoms with Crippen LogP contribution in [0.5, 0.6) is 11.5 Å². The third-order valence-electron chi connectivity index (χ3n) is 8.34. The van der Waals surface area contributed by atoms with Crippen molar-refractivity contribution in [1.29, 1.82) is 0 Å². The van der Waals surface area contributed by atoms with Gasteiger partial charge in [0, 0.05) is 37.0 Å². The number of halogens is 3. The normalized spacial score (nSPS) is 17.0. The molecule has 2 aliphatic heterocycles. The first-order valence-corrected chi connectivity index (χ1v) is 14.9. The number of nitrogens with one attached hydrogen (secondary N) is 2. The van der Waals surface area contributed by atoms with Crippen LogP contribution in [0.15, 0.2) is 55.3 Å². The zero-order valence-corrected chi connectivity index (χ0v) is 26.8. The molecule has 0 aliphatic carbocycles. The number of alkyl halides is 3. The molecule has 0 spiro atoms. The Labute approximate surface area is 270 Å². The van der Waals surface area contributed by atoms with E-state index in [1.54, 1.807) is 36.4 Å². The summed E-state index contributed by atoms with van der Waals surface area (Å²) in [4.78, 5) is 41.2. The fourth-order valence-corrected chi connectivity index (χ4v) is 5.56. The van der Waals surface area contributed by atoms with Gasteiger partial charge in [0.05, 0.1) is 43.5 Å². The lowest BCUT2D eigenvalue weighted by atomic mass is 10.1. The van der Waals surface area contributed by atoms with E-state index in [1.165, 1.54) is 26.5 Å². The number of hydrogen-bond acceptors (Lipinski definition) is 9. The van der Waals surface area contributed by atoms with Crippen LogP contribution in [-0.4, -0.2) is 91.4 Å². The quantitative estimate of drug-likeness (QED) is 0.273. The molecule has 1 aromatic heterocycles. The van der Waals surface area contributed by atoms with Gasteiger partial charge in [0.1, 0.15) is 17.5 Å². The molecule has 0 bridgehead atoms. The Morgan fingerprint density at radius 2 is 1.87 bits per heavy atom. The number of urea groups is 1. The molecule has 1 fully saturated rings. The molecule has 12 nitrogen and oxygen atoms in total. The van der Waals surface area contributed by atoms with Crippen molar-refractivity contribution in [2.24, 2.45) is 0 Å². The number of methoxy groups -OCH3 is 2. The van der Waals surface area contributed by atoms with Gasteiger partial charge in [-0.3, -0.25) is 4.79 Å². The van der Waals surface area contributed by atoms with E-state index in [4.69, 9.17) is 9.47 Å². The van der Waals surface area contributed by atoms with E-state index in [2.05, 4.69) is 37.0 Å².